The van der Waals surface area contributed by atoms with E-state index in [1.807, 2.05) is 14.0 Å². The van der Waals surface area contributed by atoms with Gasteiger partial charge in [-0.3, -0.25) is 9.59 Å². The highest BCUT2D eigenvalue weighted by Gasteiger charge is 2.21. The Labute approximate surface area is 129 Å². The molecule has 0 aliphatic carbocycles. The van der Waals surface area contributed by atoms with E-state index in [4.69, 9.17) is 11.6 Å². The zero-order valence-electron chi connectivity index (χ0n) is 12.4. The van der Waals surface area contributed by atoms with Gasteiger partial charge in [0, 0.05) is 36.9 Å². The molecule has 6 heteroatoms. The third-order valence-electron chi connectivity index (χ3n) is 3.71. The molecule has 114 valence electrons. The van der Waals surface area contributed by atoms with Crippen LogP contribution in [0.25, 0.3) is 0 Å². The highest BCUT2D eigenvalue weighted by Crippen LogP contribution is 2.23. The Morgan fingerprint density at radius 1 is 1.24 bits per heavy atom. The largest absolute Gasteiger partial charge is 0.340 e. The Kier molecular flexibility index (Phi) is 5.20. The van der Waals surface area contributed by atoms with Crippen LogP contribution in [-0.2, 0) is 9.59 Å². The molecule has 21 heavy (non-hydrogen) atoms. The Hall–Kier alpha value is -1.59. The molecular formula is C15H20ClN3O2. The molecule has 1 aromatic carbocycles. The van der Waals surface area contributed by atoms with Gasteiger partial charge in [0.15, 0.2) is 0 Å². The van der Waals surface area contributed by atoms with Crippen LogP contribution in [0.3, 0.4) is 0 Å². The number of carbonyl (C=O) groups is 2. The molecule has 1 saturated heterocycles. The molecule has 1 aliphatic heterocycles. The first-order valence-electron chi connectivity index (χ1n) is 6.98. The average Bonchev–Trinajstić information content (AvgIpc) is 2.44. The lowest BCUT2D eigenvalue weighted by Gasteiger charge is -2.32. The first kappa shape index (κ1) is 15.8. The summed E-state index contributed by atoms with van der Waals surface area (Å²) in [6, 6.07) is 5.31. The number of nitrogens with one attached hydrogen (secondary N) is 1. The number of likely N-dealkylation sites (N-methyl/N-ethyl adjacent to an activating group) is 1. The molecule has 0 aromatic heterocycles. The third-order valence-corrected chi connectivity index (χ3v) is 4.12. The average molecular weight is 310 g/mol. The summed E-state index contributed by atoms with van der Waals surface area (Å²) in [6.45, 7) is 4.89. The number of halogens is 1. The molecule has 1 heterocycles. The predicted octanol–water partition coefficient (Wildman–Crippen LogP) is 1.75. The van der Waals surface area contributed by atoms with E-state index in [9.17, 15) is 9.59 Å². The minimum absolute atomic E-state index is 0.125. The molecule has 1 aromatic rings. The van der Waals surface area contributed by atoms with Crippen LogP contribution in [-0.4, -0.2) is 54.8 Å². The monoisotopic (exact) mass is 309 g/mol. The third kappa shape index (κ3) is 4.19. The van der Waals surface area contributed by atoms with Gasteiger partial charge in [-0.1, -0.05) is 17.7 Å². The lowest BCUT2D eigenvalue weighted by molar-refractivity contribution is -0.135. The van der Waals surface area contributed by atoms with Crippen molar-refractivity contribution in [1.82, 2.24) is 9.80 Å². The fraction of sp³-hybridized carbons (Fsp3) is 0.467. The van der Waals surface area contributed by atoms with E-state index in [0.29, 0.717) is 23.8 Å². The Bertz CT molecular complexity index is 540. The topological polar surface area (TPSA) is 52.7 Å². The van der Waals surface area contributed by atoms with Gasteiger partial charge in [0.05, 0.1) is 0 Å². The van der Waals surface area contributed by atoms with Crippen molar-refractivity contribution in [3.05, 3.63) is 28.8 Å². The molecule has 0 bridgehead atoms. The minimum atomic E-state index is -0.302. The maximum Gasteiger partial charge on any atom is 0.233 e. The molecule has 5 nitrogen and oxygen atoms in total. The summed E-state index contributed by atoms with van der Waals surface area (Å²) in [5, 5.41) is 3.34. The van der Waals surface area contributed by atoms with Crippen LogP contribution in [0.2, 0.25) is 5.02 Å². The molecule has 0 radical (unpaired) electrons. The van der Waals surface area contributed by atoms with Gasteiger partial charge in [0.2, 0.25) is 11.8 Å². The number of hydrogen-bond acceptors (Lipinski definition) is 3. The second-order valence-corrected chi connectivity index (χ2v) is 5.73. The number of rotatable bonds is 3. The number of nitrogens with zero attached hydrogens (tertiary/aromatic N) is 2. The SMILES string of the molecule is Cc1c(Cl)cccc1NC(=O)CC(=O)N1CCN(C)CC1. The highest BCUT2D eigenvalue weighted by molar-refractivity contribution is 6.31. The van der Waals surface area contributed by atoms with Crippen LogP contribution < -0.4 is 5.32 Å². The van der Waals surface area contributed by atoms with Crippen molar-refractivity contribution in [1.29, 1.82) is 0 Å². The van der Waals surface area contributed by atoms with Crippen LogP contribution >= 0.6 is 11.6 Å². The molecule has 0 saturated carbocycles. The Morgan fingerprint density at radius 2 is 1.90 bits per heavy atom. The van der Waals surface area contributed by atoms with Crippen molar-refractivity contribution >= 4 is 29.1 Å². The first-order valence-corrected chi connectivity index (χ1v) is 7.36. The lowest BCUT2D eigenvalue weighted by Crippen LogP contribution is -2.47. The molecule has 2 rings (SSSR count). The van der Waals surface area contributed by atoms with Gasteiger partial charge in [0.1, 0.15) is 6.42 Å². The van der Waals surface area contributed by atoms with E-state index < -0.39 is 0 Å². The Morgan fingerprint density at radius 3 is 2.57 bits per heavy atom. The van der Waals surface area contributed by atoms with Crippen molar-refractivity contribution in [2.45, 2.75) is 13.3 Å². The maximum atomic E-state index is 12.1. The normalized spacial score (nSPS) is 15.9. The fourth-order valence-electron chi connectivity index (χ4n) is 2.24. The van der Waals surface area contributed by atoms with E-state index in [2.05, 4.69) is 10.2 Å². The Balaban J connectivity index is 1.89. The number of hydrogen-bond donors (Lipinski definition) is 1. The van der Waals surface area contributed by atoms with Crippen molar-refractivity contribution < 1.29 is 9.59 Å². The molecule has 0 atom stereocenters. The number of piperazine rings is 1. The van der Waals surface area contributed by atoms with Gasteiger partial charge in [0.25, 0.3) is 0 Å². The summed E-state index contributed by atoms with van der Waals surface area (Å²) in [4.78, 5) is 28.0. The van der Waals surface area contributed by atoms with Crippen molar-refractivity contribution in [2.75, 3.05) is 38.5 Å². The van der Waals surface area contributed by atoms with Crippen LogP contribution in [0.1, 0.15) is 12.0 Å². The molecule has 0 spiro atoms. The summed E-state index contributed by atoms with van der Waals surface area (Å²) in [5.41, 5.74) is 1.46. The minimum Gasteiger partial charge on any atom is -0.340 e. The molecule has 1 fully saturated rings. The van der Waals surface area contributed by atoms with Gasteiger partial charge >= 0.3 is 0 Å². The number of benzene rings is 1. The summed E-state index contributed by atoms with van der Waals surface area (Å²) in [6.07, 6.45) is -0.129. The zero-order chi connectivity index (χ0) is 15.4. The van der Waals surface area contributed by atoms with Crippen LogP contribution in [0, 0.1) is 6.92 Å². The van der Waals surface area contributed by atoms with Crippen LogP contribution in [0.5, 0.6) is 0 Å². The predicted molar refractivity (Wildman–Crippen MR) is 83.5 cm³/mol. The van der Waals surface area contributed by atoms with E-state index >= 15 is 0 Å². The highest BCUT2D eigenvalue weighted by atomic mass is 35.5. The molecular weight excluding hydrogens is 290 g/mol. The van der Waals surface area contributed by atoms with Crippen molar-refractivity contribution in [2.24, 2.45) is 0 Å². The van der Waals surface area contributed by atoms with Crippen molar-refractivity contribution in [3.63, 3.8) is 0 Å². The van der Waals surface area contributed by atoms with Gasteiger partial charge in [-0.15, -0.1) is 0 Å². The fourth-order valence-corrected chi connectivity index (χ4v) is 2.42. The summed E-state index contributed by atoms with van der Waals surface area (Å²) >= 11 is 6.01. The van der Waals surface area contributed by atoms with Crippen LogP contribution in [0.15, 0.2) is 18.2 Å². The van der Waals surface area contributed by atoms with Crippen LogP contribution in [0.4, 0.5) is 5.69 Å². The smallest absolute Gasteiger partial charge is 0.233 e. The standard InChI is InChI=1S/C15H20ClN3O2/c1-11-12(16)4-3-5-13(11)17-14(20)10-15(21)19-8-6-18(2)7-9-19/h3-5H,6-10H2,1-2H3,(H,17,20). The molecule has 0 unspecified atom stereocenters. The van der Waals surface area contributed by atoms with E-state index in [-0.39, 0.29) is 18.2 Å². The molecule has 2 amide bonds. The summed E-state index contributed by atoms with van der Waals surface area (Å²) in [7, 11) is 2.02. The van der Waals surface area contributed by atoms with Crippen molar-refractivity contribution in [3.8, 4) is 0 Å². The summed E-state index contributed by atoms with van der Waals surface area (Å²) < 4.78 is 0. The maximum absolute atomic E-state index is 12.1. The zero-order valence-corrected chi connectivity index (χ0v) is 13.1. The van der Waals surface area contributed by atoms with Gasteiger partial charge in [-0.05, 0) is 31.7 Å². The number of anilines is 1. The number of amides is 2. The second-order valence-electron chi connectivity index (χ2n) is 5.32. The van der Waals surface area contributed by atoms with E-state index in [1.165, 1.54) is 0 Å². The van der Waals surface area contributed by atoms with Gasteiger partial charge in [-0.2, -0.15) is 0 Å². The number of carbonyl (C=O) groups excluding carboxylic acids is 2. The molecule has 1 N–H and O–H groups in total. The second kappa shape index (κ2) is 6.91. The van der Waals surface area contributed by atoms with Gasteiger partial charge < -0.3 is 15.1 Å². The van der Waals surface area contributed by atoms with E-state index in [1.54, 1.807) is 23.1 Å². The van der Waals surface area contributed by atoms with Gasteiger partial charge in [-0.25, -0.2) is 0 Å². The molecule has 1 aliphatic rings. The first-order chi connectivity index (χ1) is 9.97. The van der Waals surface area contributed by atoms with E-state index in [0.717, 1.165) is 18.7 Å². The quantitative estimate of drug-likeness (QED) is 0.866. The lowest BCUT2D eigenvalue weighted by atomic mass is 10.2. The summed E-state index contributed by atoms with van der Waals surface area (Å²) in [5.74, 6) is -0.426.